The zero-order valence-corrected chi connectivity index (χ0v) is 10.4. The Morgan fingerprint density at radius 3 is 2.80 bits per heavy atom. The first-order chi connectivity index (χ1) is 7.09. The van der Waals surface area contributed by atoms with Crippen LogP contribution in [0.25, 0.3) is 0 Å². The predicted molar refractivity (Wildman–Crippen MR) is 66.6 cm³/mol. The van der Waals surface area contributed by atoms with E-state index in [0.717, 1.165) is 24.2 Å². The van der Waals surface area contributed by atoms with E-state index in [1.165, 1.54) is 0 Å². The van der Waals surface area contributed by atoms with Crippen molar-refractivity contribution in [3.63, 3.8) is 0 Å². The summed E-state index contributed by atoms with van der Waals surface area (Å²) >= 11 is 5.81. The molecule has 0 aliphatic heterocycles. The first-order valence-corrected chi connectivity index (χ1v) is 5.90. The number of hydrogen-bond donors (Lipinski definition) is 1. The van der Waals surface area contributed by atoms with Crippen molar-refractivity contribution in [3.05, 3.63) is 24.0 Å². The number of alkyl halides is 1. The van der Waals surface area contributed by atoms with Crippen molar-refractivity contribution >= 4 is 17.3 Å². The maximum absolute atomic E-state index is 5.81. The fourth-order valence-corrected chi connectivity index (χ4v) is 1.93. The molecule has 1 aromatic rings. The molecule has 0 aromatic carbocycles. The lowest BCUT2D eigenvalue weighted by molar-refractivity contribution is 0.481. The quantitative estimate of drug-likeness (QED) is 0.777. The van der Waals surface area contributed by atoms with Gasteiger partial charge in [-0.1, -0.05) is 6.92 Å². The third-order valence-corrected chi connectivity index (χ3v) is 2.96. The monoisotopic (exact) mass is 226 g/mol. The standard InChI is InChI=1S/C12H19ClN2/c1-4-12(3,6-7-13)15-11-5-8-14-10(2)9-11/h5,8-9H,4,6-7H2,1-3H3,(H,14,15). The molecule has 1 unspecified atom stereocenters. The van der Waals surface area contributed by atoms with Gasteiger partial charge in [0.25, 0.3) is 0 Å². The summed E-state index contributed by atoms with van der Waals surface area (Å²) in [5, 5.41) is 3.52. The Hall–Kier alpha value is -0.760. The van der Waals surface area contributed by atoms with Crippen LogP contribution >= 0.6 is 11.6 Å². The van der Waals surface area contributed by atoms with E-state index >= 15 is 0 Å². The summed E-state index contributed by atoms with van der Waals surface area (Å²) in [5.74, 6) is 0.682. The summed E-state index contributed by atoms with van der Waals surface area (Å²) in [5.41, 5.74) is 2.23. The van der Waals surface area contributed by atoms with Gasteiger partial charge in [-0.05, 0) is 38.8 Å². The van der Waals surface area contributed by atoms with E-state index in [4.69, 9.17) is 11.6 Å². The lowest BCUT2D eigenvalue weighted by atomic mass is 9.95. The number of hydrogen-bond acceptors (Lipinski definition) is 2. The number of halogens is 1. The van der Waals surface area contributed by atoms with Gasteiger partial charge in [0, 0.05) is 29.0 Å². The second-order valence-electron chi connectivity index (χ2n) is 4.16. The van der Waals surface area contributed by atoms with E-state index in [-0.39, 0.29) is 5.54 Å². The van der Waals surface area contributed by atoms with Crippen molar-refractivity contribution in [2.45, 2.75) is 39.2 Å². The lowest BCUT2D eigenvalue weighted by Crippen LogP contribution is -2.34. The lowest BCUT2D eigenvalue weighted by Gasteiger charge is -2.30. The van der Waals surface area contributed by atoms with Gasteiger partial charge in [-0.2, -0.15) is 0 Å². The molecule has 0 amide bonds. The summed E-state index contributed by atoms with van der Waals surface area (Å²) in [6, 6.07) is 4.05. The van der Waals surface area contributed by atoms with Gasteiger partial charge in [-0.25, -0.2) is 0 Å². The molecule has 1 aromatic heterocycles. The van der Waals surface area contributed by atoms with Crippen LogP contribution < -0.4 is 5.32 Å². The Morgan fingerprint density at radius 2 is 2.27 bits per heavy atom. The van der Waals surface area contributed by atoms with E-state index in [1.807, 2.05) is 19.2 Å². The van der Waals surface area contributed by atoms with E-state index < -0.39 is 0 Å². The summed E-state index contributed by atoms with van der Waals surface area (Å²) in [6.45, 7) is 6.37. The van der Waals surface area contributed by atoms with E-state index in [0.29, 0.717) is 5.88 Å². The van der Waals surface area contributed by atoms with Crippen molar-refractivity contribution in [1.29, 1.82) is 0 Å². The fraction of sp³-hybridized carbons (Fsp3) is 0.583. The molecule has 15 heavy (non-hydrogen) atoms. The molecule has 0 fully saturated rings. The van der Waals surface area contributed by atoms with Crippen LogP contribution in [-0.4, -0.2) is 16.4 Å². The van der Waals surface area contributed by atoms with Crippen LogP contribution in [0.15, 0.2) is 18.3 Å². The topological polar surface area (TPSA) is 24.9 Å². The van der Waals surface area contributed by atoms with Crippen molar-refractivity contribution in [3.8, 4) is 0 Å². The molecule has 0 aliphatic rings. The second-order valence-corrected chi connectivity index (χ2v) is 4.54. The normalized spacial score (nSPS) is 14.7. The smallest absolute Gasteiger partial charge is 0.0393 e. The maximum Gasteiger partial charge on any atom is 0.0393 e. The van der Waals surface area contributed by atoms with Gasteiger partial charge >= 0.3 is 0 Å². The molecule has 2 nitrogen and oxygen atoms in total. The molecule has 1 heterocycles. The van der Waals surface area contributed by atoms with Crippen LogP contribution in [0, 0.1) is 6.92 Å². The molecule has 1 rings (SSSR count). The third-order valence-electron chi connectivity index (χ3n) is 2.77. The van der Waals surface area contributed by atoms with Crippen LogP contribution in [0.3, 0.4) is 0 Å². The minimum Gasteiger partial charge on any atom is -0.380 e. The largest absolute Gasteiger partial charge is 0.380 e. The number of nitrogens with one attached hydrogen (secondary N) is 1. The molecule has 0 saturated heterocycles. The molecule has 3 heteroatoms. The average molecular weight is 227 g/mol. The first kappa shape index (κ1) is 12.3. The van der Waals surface area contributed by atoms with Gasteiger partial charge in [-0.15, -0.1) is 11.6 Å². The summed E-state index contributed by atoms with van der Waals surface area (Å²) in [4.78, 5) is 4.18. The van der Waals surface area contributed by atoms with E-state index in [1.54, 1.807) is 0 Å². The second kappa shape index (κ2) is 5.36. The zero-order chi connectivity index (χ0) is 11.3. The molecular formula is C12H19ClN2. The summed E-state index contributed by atoms with van der Waals surface area (Å²) in [7, 11) is 0. The highest BCUT2D eigenvalue weighted by atomic mass is 35.5. The number of aromatic nitrogens is 1. The number of pyridine rings is 1. The number of nitrogens with zero attached hydrogens (tertiary/aromatic N) is 1. The highest BCUT2D eigenvalue weighted by Gasteiger charge is 2.20. The molecule has 0 saturated carbocycles. The van der Waals surface area contributed by atoms with Gasteiger partial charge in [0.2, 0.25) is 0 Å². The Kier molecular flexibility index (Phi) is 4.40. The van der Waals surface area contributed by atoms with Gasteiger partial charge in [0.1, 0.15) is 0 Å². The fourth-order valence-electron chi connectivity index (χ4n) is 1.51. The minimum absolute atomic E-state index is 0.0789. The Labute approximate surface area is 97.1 Å². The summed E-state index contributed by atoms with van der Waals surface area (Å²) < 4.78 is 0. The van der Waals surface area contributed by atoms with Crippen LogP contribution in [0.5, 0.6) is 0 Å². The Balaban J connectivity index is 2.74. The van der Waals surface area contributed by atoms with E-state index in [9.17, 15) is 0 Å². The van der Waals surface area contributed by atoms with Gasteiger partial charge in [0.05, 0.1) is 0 Å². The molecule has 0 spiro atoms. The van der Waals surface area contributed by atoms with Crippen molar-refractivity contribution < 1.29 is 0 Å². The summed E-state index contributed by atoms with van der Waals surface area (Å²) in [6.07, 6.45) is 3.85. The predicted octanol–water partition coefficient (Wildman–Crippen LogP) is 3.60. The Morgan fingerprint density at radius 1 is 1.53 bits per heavy atom. The van der Waals surface area contributed by atoms with Gasteiger partial charge in [0.15, 0.2) is 0 Å². The molecule has 1 atom stereocenters. The van der Waals surface area contributed by atoms with Crippen molar-refractivity contribution in [2.75, 3.05) is 11.2 Å². The third kappa shape index (κ3) is 3.71. The van der Waals surface area contributed by atoms with Crippen molar-refractivity contribution in [2.24, 2.45) is 0 Å². The van der Waals surface area contributed by atoms with Crippen molar-refractivity contribution in [1.82, 2.24) is 4.98 Å². The molecule has 84 valence electrons. The van der Waals surface area contributed by atoms with Crippen LogP contribution in [0.4, 0.5) is 5.69 Å². The molecular weight excluding hydrogens is 208 g/mol. The van der Waals surface area contributed by atoms with Crippen LogP contribution in [0.2, 0.25) is 0 Å². The van der Waals surface area contributed by atoms with Crippen LogP contribution in [-0.2, 0) is 0 Å². The Bertz CT molecular complexity index is 314. The maximum atomic E-state index is 5.81. The minimum atomic E-state index is 0.0789. The van der Waals surface area contributed by atoms with Crippen LogP contribution in [0.1, 0.15) is 32.4 Å². The average Bonchev–Trinajstić information content (AvgIpc) is 2.18. The molecule has 0 aliphatic carbocycles. The van der Waals surface area contributed by atoms with E-state index in [2.05, 4.69) is 30.2 Å². The van der Waals surface area contributed by atoms with Gasteiger partial charge in [-0.3, -0.25) is 4.98 Å². The molecule has 0 radical (unpaired) electrons. The first-order valence-electron chi connectivity index (χ1n) is 5.36. The number of anilines is 1. The highest BCUT2D eigenvalue weighted by molar-refractivity contribution is 6.17. The molecule has 1 N–H and O–H groups in total. The van der Waals surface area contributed by atoms with Gasteiger partial charge < -0.3 is 5.32 Å². The number of aryl methyl sites for hydroxylation is 1. The highest BCUT2D eigenvalue weighted by Crippen LogP contribution is 2.22. The number of rotatable bonds is 5. The SMILES string of the molecule is CCC(C)(CCCl)Nc1ccnc(C)c1. The molecule has 0 bridgehead atoms. The zero-order valence-electron chi connectivity index (χ0n) is 9.68.